The van der Waals surface area contributed by atoms with Gasteiger partial charge in [-0.2, -0.15) is 5.06 Å². The van der Waals surface area contributed by atoms with E-state index in [2.05, 4.69) is 43.4 Å². The van der Waals surface area contributed by atoms with Crippen molar-refractivity contribution in [2.75, 3.05) is 59.4 Å². The van der Waals surface area contributed by atoms with Crippen LogP contribution in [0, 0.1) is 29.1 Å². The van der Waals surface area contributed by atoms with Crippen molar-refractivity contribution in [3.8, 4) is 16.9 Å². The fourth-order valence-corrected chi connectivity index (χ4v) is 9.06. The van der Waals surface area contributed by atoms with Crippen LogP contribution < -0.4 is 26.0 Å². The Kier molecular flexibility index (Phi) is 10.3. The lowest BCUT2D eigenvalue weighted by atomic mass is 9.45. The van der Waals surface area contributed by atoms with Crippen LogP contribution in [-0.2, 0) is 16.2 Å². The standard InChI is InChI=1S/C38H56N6O5/c1-22-31-16-26(38(31,2)3)17-32(22)41-37(47)34-30(21-45)33(18-39)49-44(34)19-23-9-8-10-29(35(23)48-7)24-13-25(15-28(14-24)42(4)5)36(46)40-27-11-12-43(6)20-27/h8-10,13-15,22,26-27,30-34,45H,11-12,16-21,39H2,1-7H3,(H,40,46)(H,41,47)/t22-,26+,27+,30+,31-,32-,33-,34-/m0/s1. The van der Waals surface area contributed by atoms with E-state index in [1.165, 1.54) is 6.42 Å². The number of fused-ring (bicyclic) bond motifs is 2. The van der Waals surface area contributed by atoms with Crippen molar-refractivity contribution < 1.29 is 24.3 Å². The molecule has 268 valence electrons. The van der Waals surface area contributed by atoms with Gasteiger partial charge < -0.3 is 36.0 Å². The maximum atomic E-state index is 14.1. The molecule has 49 heavy (non-hydrogen) atoms. The number of aliphatic hydroxyl groups is 1. The third-order valence-electron chi connectivity index (χ3n) is 12.2. The number of likely N-dealkylation sites (tertiary alicyclic amines) is 1. The van der Waals surface area contributed by atoms with Gasteiger partial charge in [-0.25, -0.2) is 0 Å². The number of nitrogens with two attached hydrogens (primary N) is 1. The molecule has 11 nitrogen and oxygen atoms in total. The zero-order chi connectivity index (χ0) is 35.2. The molecular weight excluding hydrogens is 620 g/mol. The average Bonchev–Trinajstić information content (AvgIpc) is 3.66. The predicted molar refractivity (Wildman–Crippen MR) is 191 cm³/mol. The predicted octanol–water partition coefficient (Wildman–Crippen LogP) is 3.10. The number of hydroxylamine groups is 2. The van der Waals surface area contributed by atoms with Crippen molar-refractivity contribution >= 4 is 17.5 Å². The van der Waals surface area contributed by atoms with Gasteiger partial charge in [0.1, 0.15) is 11.8 Å². The molecule has 0 spiro atoms. The molecule has 0 aromatic heterocycles. The fraction of sp³-hybridized carbons (Fsp3) is 0.632. The third kappa shape index (κ3) is 6.80. The van der Waals surface area contributed by atoms with Crippen molar-refractivity contribution in [2.45, 2.75) is 70.8 Å². The molecule has 5 N–H and O–H groups in total. The molecule has 2 aromatic carbocycles. The summed E-state index contributed by atoms with van der Waals surface area (Å²) < 4.78 is 6.06. The number of benzene rings is 2. The van der Waals surface area contributed by atoms with Crippen LogP contribution >= 0.6 is 0 Å². The number of nitrogens with zero attached hydrogens (tertiary/aromatic N) is 3. The number of nitrogens with one attached hydrogen (secondary N) is 2. The summed E-state index contributed by atoms with van der Waals surface area (Å²) in [5.41, 5.74) is 10.4. The van der Waals surface area contributed by atoms with Crippen LogP contribution in [0.25, 0.3) is 11.1 Å². The highest BCUT2D eigenvalue weighted by Crippen LogP contribution is 2.61. The number of anilines is 1. The van der Waals surface area contributed by atoms with Crippen molar-refractivity contribution in [3.05, 3.63) is 47.5 Å². The number of hydrogen-bond donors (Lipinski definition) is 4. The monoisotopic (exact) mass is 676 g/mol. The molecule has 7 rings (SSSR count). The first-order valence-corrected chi connectivity index (χ1v) is 17.9. The molecule has 2 aromatic rings. The maximum Gasteiger partial charge on any atom is 0.251 e. The topological polar surface area (TPSA) is 133 Å². The number of likely N-dealkylation sites (N-methyl/N-ethyl adjacent to an activating group) is 1. The molecule has 0 radical (unpaired) electrons. The molecular formula is C38H56N6O5. The zero-order valence-electron chi connectivity index (χ0n) is 30.2. The van der Waals surface area contributed by atoms with E-state index in [4.69, 9.17) is 15.3 Å². The third-order valence-corrected chi connectivity index (χ3v) is 12.2. The van der Waals surface area contributed by atoms with Crippen LogP contribution in [0.3, 0.4) is 0 Å². The number of aliphatic hydroxyl groups excluding tert-OH is 1. The summed E-state index contributed by atoms with van der Waals surface area (Å²) in [4.78, 5) is 38.1. The Bertz CT molecular complexity index is 1530. The second kappa shape index (κ2) is 14.2. The van der Waals surface area contributed by atoms with Crippen molar-refractivity contribution in [1.82, 2.24) is 20.6 Å². The summed E-state index contributed by atoms with van der Waals surface area (Å²) in [7, 11) is 7.62. The summed E-state index contributed by atoms with van der Waals surface area (Å²) in [5, 5.41) is 18.7. The van der Waals surface area contributed by atoms with E-state index >= 15 is 0 Å². The molecule has 3 saturated carbocycles. The van der Waals surface area contributed by atoms with Gasteiger partial charge in [-0.1, -0.05) is 39.0 Å². The molecule has 0 unspecified atom stereocenters. The summed E-state index contributed by atoms with van der Waals surface area (Å²) in [6.07, 6.45) is 2.62. The number of ether oxygens (including phenoxy) is 1. The van der Waals surface area contributed by atoms with Crippen LogP contribution in [0.4, 0.5) is 5.69 Å². The van der Waals surface area contributed by atoms with E-state index in [9.17, 15) is 14.7 Å². The summed E-state index contributed by atoms with van der Waals surface area (Å²) >= 11 is 0. The minimum absolute atomic E-state index is 0.0882. The van der Waals surface area contributed by atoms with Crippen molar-refractivity contribution in [1.29, 1.82) is 0 Å². The Morgan fingerprint density at radius 3 is 2.55 bits per heavy atom. The van der Waals surface area contributed by atoms with E-state index in [-0.39, 0.29) is 43.6 Å². The number of hydrogen-bond acceptors (Lipinski definition) is 9. The maximum absolute atomic E-state index is 14.1. The largest absolute Gasteiger partial charge is 0.496 e. The van der Waals surface area contributed by atoms with Gasteiger partial charge in [-0.15, -0.1) is 0 Å². The van der Waals surface area contributed by atoms with Gasteiger partial charge in [0, 0.05) is 67.6 Å². The lowest BCUT2D eigenvalue weighted by Gasteiger charge is -2.62. The number of amides is 2. The van der Waals surface area contributed by atoms with E-state index < -0.39 is 18.1 Å². The Balaban J connectivity index is 1.27. The number of para-hydroxylation sites is 1. The van der Waals surface area contributed by atoms with Gasteiger partial charge in [0.05, 0.1) is 26.4 Å². The Morgan fingerprint density at radius 1 is 1.16 bits per heavy atom. The van der Waals surface area contributed by atoms with Crippen LogP contribution in [0.1, 0.15) is 56.0 Å². The second-order valence-electron chi connectivity index (χ2n) is 15.7. The van der Waals surface area contributed by atoms with E-state index in [1.54, 1.807) is 12.2 Å². The normalized spacial score (nSPS) is 30.9. The average molecular weight is 677 g/mol. The highest BCUT2D eigenvalue weighted by Gasteiger charge is 2.57. The van der Waals surface area contributed by atoms with Gasteiger partial charge in [0.25, 0.3) is 5.91 Å². The highest BCUT2D eigenvalue weighted by molar-refractivity contribution is 5.97. The molecule has 2 saturated heterocycles. The minimum Gasteiger partial charge on any atom is -0.496 e. The first-order chi connectivity index (χ1) is 23.4. The Labute approximate surface area is 291 Å². The molecule has 5 fully saturated rings. The van der Waals surface area contributed by atoms with Gasteiger partial charge in [0.2, 0.25) is 5.91 Å². The zero-order valence-corrected chi connectivity index (χ0v) is 30.2. The minimum atomic E-state index is -0.715. The summed E-state index contributed by atoms with van der Waals surface area (Å²) in [6, 6.07) is 11.3. The molecule has 5 aliphatic rings. The highest BCUT2D eigenvalue weighted by atomic mass is 16.7. The number of rotatable bonds is 11. The van der Waals surface area contributed by atoms with Gasteiger partial charge in [0.15, 0.2) is 0 Å². The fourth-order valence-electron chi connectivity index (χ4n) is 9.06. The summed E-state index contributed by atoms with van der Waals surface area (Å²) in [5.74, 6) is 1.49. The smallest absolute Gasteiger partial charge is 0.251 e. The first-order valence-electron chi connectivity index (χ1n) is 17.9. The molecule has 2 aliphatic heterocycles. The lowest BCUT2D eigenvalue weighted by Crippen LogP contribution is -2.62. The lowest BCUT2D eigenvalue weighted by molar-refractivity contribution is -0.175. The van der Waals surface area contributed by atoms with E-state index in [0.29, 0.717) is 34.5 Å². The van der Waals surface area contributed by atoms with Crippen LogP contribution in [0.2, 0.25) is 0 Å². The number of carbonyl (C=O) groups is 2. The molecule has 2 heterocycles. The molecule has 2 amide bonds. The molecule has 2 bridgehead atoms. The second-order valence-corrected chi connectivity index (χ2v) is 15.7. The van der Waals surface area contributed by atoms with E-state index in [0.717, 1.165) is 48.3 Å². The van der Waals surface area contributed by atoms with Crippen LogP contribution in [-0.4, -0.2) is 106 Å². The van der Waals surface area contributed by atoms with Crippen LogP contribution in [0.15, 0.2) is 36.4 Å². The molecule has 8 atom stereocenters. The molecule has 11 heteroatoms. The number of carbonyl (C=O) groups excluding carboxylic acids is 2. The SMILES string of the molecule is COc1c(CN2O[C@@H](CN)[C@@H](CO)[C@H]2C(=O)N[C@H]2C[C@H]3C[C@@H]([C@@H]2C)C3(C)C)cccc1-c1cc(C(=O)N[C@@H]2CCN(C)C2)cc(N(C)C)c1. The van der Waals surface area contributed by atoms with Crippen molar-refractivity contribution in [2.24, 2.45) is 34.8 Å². The van der Waals surface area contributed by atoms with Gasteiger partial charge >= 0.3 is 0 Å². The van der Waals surface area contributed by atoms with Gasteiger partial charge in [-0.3, -0.25) is 14.4 Å². The molecule has 3 aliphatic carbocycles. The van der Waals surface area contributed by atoms with Gasteiger partial charge in [-0.05, 0) is 79.8 Å². The quantitative estimate of drug-likeness (QED) is 0.284. The Hall–Kier alpha value is -3.22. The Morgan fingerprint density at radius 2 is 1.94 bits per heavy atom. The van der Waals surface area contributed by atoms with Crippen LogP contribution in [0.5, 0.6) is 5.75 Å². The van der Waals surface area contributed by atoms with E-state index in [1.807, 2.05) is 55.4 Å². The number of methoxy groups -OCH3 is 1. The van der Waals surface area contributed by atoms with Crippen molar-refractivity contribution in [3.63, 3.8) is 0 Å². The summed E-state index contributed by atoms with van der Waals surface area (Å²) in [6.45, 7) is 8.97. The first kappa shape index (κ1) is 35.6.